The predicted molar refractivity (Wildman–Crippen MR) is 81.6 cm³/mol. The van der Waals surface area contributed by atoms with Crippen molar-refractivity contribution in [3.05, 3.63) is 29.3 Å². The molecule has 0 saturated heterocycles. The molecule has 0 heterocycles. The SMILES string of the molecule is O=[PH](O)C1(COS(=O)(=O)c2ccc(Cl)cc2)CCCCC1. The molecular weight excluding hydrogens is 335 g/mol. The third-order valence-electron chi connectivity index (χ3n) is 3.86. The Bertz CT molecular complexity index is 608. The lowest BCUT2D eigenvalue weighted by Gasteiger charge is -2.33. The number of hydrogen-bond donors (Lipinski definition) is 1. The molecule has 1 aliphatic rings. The maximum atomic E-state index is 12.1. The second kappa shape index (κ2) is 6.80. The normalized spacial score (nSPS) is 20.1. The average Bonchev–Trinajstić information content (AvgIpc) is 2.46. The number of halogens is 1. The molecule has 0 radical (unpaired) electrons. The fourth-order valence-electron chi connectivity index (χ4n) is 2.51. The molecule has 0 aliphatic heterocycles. The molecule has 5 nitrogen and oxygen atoms in total. The van der Waals surface area contributed by atoms with E-state index in [0.717, 1.165) is 19.3 Å². The Labute approximate surface area is 130 Å². The highest BCUT2D eigenvalue weighted by Crippen LogP contribution is 2.47. The lowest BCUT2D eigenvalue weighted by molar-refractivity contribution is 0.222. The average molecular weight is 353 g/mol. The van der Waals surface area contributed by atoms with E-state index in [1.807, 2.05) is 0 Å². The van der Waals surface area contributed by atoms with Crippen LogP contribution in [0.25, 0.3) is 0 Å². The van der Waals surface area contributed by atoms with Crippen LogP contribution >= 0.6 is 19.6 Å². The minimum Gasteiger partial charge on any atom is -0.346 e. The molecule has 1 N–H and O–H groups in total. The van der Waals surface area contributed by atoms with E-state index in [2.05, 4.69) is 0 Å². The van der Waals surface area contributed by atoms with Gasteiger partial charge in [-0.3, -0.25) is 8.75 Å². The summed E-state index contributed by atoms with van der Waals surface area (Å²) < 4.78 is 40.9. The highest BCUT2D eigenvalue weighted by atomic mass is 35.5. The van der Waals surface area contributed by atoms with Gasteiger partial charge >= 0.3 is 0 Å². The second-order valence-electron chi connectivity index (χ2n) is 5.32. The topological polar surface area (TPSA) is 80.7 Å². The van der Waals surface area contributed by atoms with Crippen LogP contribution < -0.4 is 0 Å². The smallest absolute Gasteiger partial charge is 0.297 e. The lowest BCUT2D eigenvalue weighted by atomic mass is 9.89. The molecule has 8 heteroatoms. The second-order valence-corrected chi connectivity index (χ2v) is 9.04. The Kier molecular flexibility index (Phi) is 5.49. The van der Waals surface area contributed by atoms with Crippen molar-refractivity contribution in [1.82, 2.24) is 0 Å². The number of benzene rings is 1. The van der Waals surface area contributed by atoms with Gasteiger partial charge in [0.25, 0.3) is 10.1 Å². The lowest BCUT2D eigenvalue weighted by Crippen LogP contribution is -2.34. The first-order valence-corrected chi connectivity index (χ1v) is 9.88. The molecule has 1 aromatic carbocycles. The molecule has 21 heavy (non-hydrogen) atoms. The summed E-state index contributed by atoms with van der Waals surface area (Å²) in [6.45, 7) is -0.244. The van der Waals surface area contributed by atoms with Crippen LogP contribution in [0, 0.1) is 0 Å². The Morgan fingerprint density at radius 2 is 1.76 bits per heavy atom. The van der Waals surface area contributed by atoms with E-state index in [1.54, 1.807) is 0 Å². The van der Waals surface area contributed by atoms with Crippen LogP contribution in [0.15, 0.2) is 29.2 Å². The van der Waals surface area contributed by atoms with Gasteiger partial charge in [0.1, 0.15) is 0 Å². The van der Waals surface area contributed by atoms with Crippen LogP contribution in [0.4, 0.5) is 0 Å². The maximum absolute atomic E-state index is 12.1. The van der Waals surface area contributed by atoms with Crippen LogP contribution in [0.2, 0.25) is 5.02 Å². The number of hydrogen-bond acceptors (Lipinski definition) is 4. The highest BCUT2D eigenvalue weighted by molar-refractivity contribution is 7.86. The van der Waals surface area contributed by atoms with Crippen molar-refractivity contribution in [3.8, 4) is 0 Å². The van der Waals surface area contributed by atoms with E-state index in [4.69, 9.17) is 15.8 Å². The van der Waals surface area contributed by atoms with Gasteiger partial charge in [-0.15, -0.1) is 0 Å². The van der Waals surface area contributed by atoms with E-state index >= 15 is 0 Å². The molecule has 1 saturated carbocycles. The van der Waals surface area contributed by atoms with Crippen molar-refractivity contribution < 1.29 is 22.1 Å². The first-order chi connectivity index (χ1) is 9.86. The Morgan fingerprint density at radius 3 is 2.29 bits per heavy atom. The zero-order chi connectivity index (χ0) is 15.5. The zero-order valence-electron chi connectivity index (χ0n) is 11.4. The van der Waals surface area contributed by atoms with Crippen LogP contribution in [-0.2, 0) is 18.9 Å². The quantitative estimate of drug-likeness (QED) is 0.650. The molecule has 0 amide bonds. The fourth-order valence-corrected chi connectivity index (χ4v) is 4.70. The van der Waals surface area contributed by atoms with Gasteiger partial charge < -0.3 is 4.89 Å². The van der Waals surface area contributed by atoms with E-state index < -0.39 is 23.3 Å². The van der Waals surface area contributed by atoms with Crippen molar-refractivity contribution >= 4 is 29.7 Å². The molecule has 1 aliphatic carbocycles. The molecule has 1 fully saturated rings. The van der Waals surface area contributed by atoms with Gasteiger partial charge in [0.05, 0.1) is 16.7 Å². The summed E-state index contributed by atoms with van der Waals surface area (Å²) in [4.78, 5) is 9.58. The molecule has 2 rings (SSSR count). The highest BCUT2D eigenvalue weighted by Gasteiger charge is 2.39. The Balaban J connectivity index is 2.13. The van der Waals surface area contributed by atoms with Gasteiger partial charge in [-0.1, -0.05) is 30.9 Å². The minimum absolute atomic E-state index is 0.00419. The molecule has 0 aromatic heterocycles. The van der Waals surface area contributed by atoms with Gasteiger partial charge in [0.15, 0.2) is 8.03 Å². The summed E-state index contributed by atoms with van der Waals surface area (Å²) in [5.41, 5.74) is 0. The fraction of sp³-hybridized carbons (Fsp3) is 0.538. The Morgan fingerprint density at radius 1 is 1.19 bits per heavy atom. The third kappa shape index (κ3) is 4.08. The van der Waals surface area contributed by atoms with Gasteiger partial charge in [-0.25, -0.2) is 0 Å². The summed E-state index contributed by atoms with van der Waals surface area (Å²) >= 11 is 5.72. The van der Waals surface area contributed by atoms with Crippen LogP contribution in [0.5, 0.6) is 0 Å². The summed E-state index contributed by atoms with van der Waals surface area (Å²) in [6, 6.07) is 5.63. The summed E-state index contributed by atoms with van der Waals surface area (Å²) in [5.74, 6) is 0. The van der Waals surface area contributed by atoms with Gasteiger partial charge in [-0.2, -0.15) is 8.42 Å². The van der Waals surface area contributed by atoms with E-state index in [1.165, 1.54) is 24.3 Å². The van der Waals surface area contributed by atoms with E-state index in [-0.39, 0.29) is 11.5 Å². The van der Waals surface area contributed by atoms with Crippen molar-refractivity contribution in [1.29, 1.82) is 0 Å². The van der Waals surface area contributed by atoms with Gasteiger partial charge in [0, 0.05) is 5.02 Å². The van der Waals surface area contributed by atoms with Crippen LogP contribution in [0.1, 0.15) is 32.1 Å². The predicted octanol–water partition coefficient (Wildman–Crippen LogP) is 3.22. The third-order valence-corrected chi connectivity index (χ3v) is 6.94. The van der Waals surface area contributed by atoms with Crippen LogP contribution in [0.3, 0.4) is 0 Å². The Hall–Kier alpha value is -0.390. The molecule has 1 unspecified atom stereocenters. The summed E-state index contributed by atoms with van der Waals surface area (Å²) in [5, 5.41) is -0.485. The molecule has 1 atom stereocenters. The van der Waals surface area contributed by atoms with Crippen molar-refractivity contribution in [2.45, 2.75) is 42.2 Å². The molecule has 0 bridgehead atoms. The molecule has 0 spiro atoms. The van der Waals surface area contributed by atoms with Crippen molar-refractivity contribution in [2.24, 2.45) is 0 Å². The largest absolute Gasteiger partial charge is 0.346 e. The van der Waals surface area contributed by atoms with Crippen molar-refractivity contribution in [2.75, 3.05) is 6.61 Å². The minimum atomic E-state index is -3.94. The zero-order valence-corrected chi connectivity index (χ0v) is 14.0. The first-order valence-electron chi connectivity index (χ1n) is 6.74. The molecule has 118 valence electrons. The molecular formula is C13H18ClO5PS. The maximum Gasteiger partial charge on any atom is 0.297 e. The van der Waals surface area contributed by atoms with E-state index in [9.17, 15) is 17.9 Å². The van der Waals surface area contributed by atoms with Gasteiger partial charge in [-0.05, 0) is 37.1 Å². The van der Waals surface area contributed by atoms with Crippen LogP contribution in [-0.4, -0.2) is 25.1 Å². The van der Waals surface area contributed by atoms with Crippen molar-refractivity contribution in [3.63, 3.8) is 0 Å². The van der Waals surface area contributed by atoms with Gasteiger partial charge in [0.2, 0.25) is 0 Å². The standard InChI is InChI=1S/C13H18ClO5PS/c14-11-4-6-12(7-5-11)21(17,18)19-10-13(20(15)16)8-2-1-3-9-13/h4-7,20H,1-3,8-10H2,(H,15,16). The first kappa shape index (κ1) is 17.0. The summed E-state index contributed by atoms with van der Waals surface area (Å²) in [6.07, 6.45) is 3.69. The monoisotopic (exact) mass is 352 g/mol. The molecule has 1 aromatic rings. The number of rotatable bonds is 5. The summed E-state index contributed by atoms with van der Waals surface area (Å²) in [7, 11) is -6.81. The van der Waals surface area contributed by atoms with E-state index in [0.29, 0.717) is 17.9 Å².